The molecular weight excluding hydrogens is 404 g/mol. The van der Waals surface area contributed by atoms with Gasteiger partial charge in [0.25, 0.3) is 5.56 Å². The summed E-state index contributed by atoms with van der Waals surface area (Å²) >= 11 is 1.29. The summed E-state index contributed by atoms with van der Waals surface area (Å²) in [7, 11) is 0. The topological polar surface area (TPSA) is 109 Å². The van der Waals surface area contributed by atoms with Crippen molar-refractivity contribution in [1.29, 1.82) is 0 Å². The van der Waals surface area contributed by atoms with Crippen LogP contribution in [0.4, 0.5) is 5.13 Å². The fraction of sp³-hybridized carbons (Fsp3) is 0.650. The molecule has 1 aliphatic carbocycles. The van der Waals surface area contributed by atoms with Crippen molar-refractivity contribution < 1.29 is 9.59 Å². The third-order valence-corrected chi connectivity index (χ3v) is 6.91. The van der Waals surface area contributed by atoms with E-state index in [1.54, 1.807) is 0 Å². The summed E-state index contributed by atoms with van der Waals surface area (Å²) in [5, 5.41) is 6.59. The van der Waals surface area contributed by atoms with Gasteiger partial charge >= 0.3 is 0 Å². The molecule has 162 valence electrons. The minimum Gasteiger partial charge on any atom is -0.356 e. The van der Waals surface area contributed by atoms with E-state index in [0.29, 0.717) is 28.6 Å². The number of hydrogen-bond acceptors (Lipinski definition) is 7. The number of rotatable bonds is 6. The Morgan fingerprint density at radius 2 is 2.03 bits per heavy atom. The van der Waals surface area contributed by atoms with Crippen LogP contribution in [0.3, 0.4) is 0 Å². The molecule has 2 aliphatic rings. The first-order chi connectivity index (χ1) is 14.5. The van der Waals surface area contributed by atoms with Crippen LogP contribution in [-0.2, 0) is 16.1 Å². The Morgan fingerprint density at radius 1 is 1.23 bits per heavy atom. The summed E-state index contributed by atoms with van der Waals surface area (Å²) in [6.07, 6.45) is 7.44. The minimum absolute atomic E-state index is 0.0332. The van der Waals surface area contributed by atoms with Gasteiger partial charge in [-0.2, -0.15) is 4.98 Å². The van der Waals surface area contributed by atoms with Crippen LogP contribution in [-0.4, -0.2) is 52.0 Å². The second-order valence-corrected chi connectivity index (χ2v) is 9.03. The quantitative estimate of drug-likeness (QED) is 0.711. The molecular formula is C20H28N6O3S. The molecule has 0 bridgehead atoms. The van der Waals surface area contributed by atoms with E-state index in [4.69, 9.17) is 0 Å². The second kappa shape index (κ2) is 9.11. The third-order valence-electron chi connectivity index (χ3n) is 5.82. The van der Waals surface area contributed by atoms with Crippen molar-refractivity contribution in [1.82, 2.24) is 25.2 Å². The maximum atomic E-state index is 12.9. The first-order valence-corrected chi connectivity index (χ1v) is 11.5. The highest BCUT2D eigenvalue weighted by Gasteiger charge is 2.27. The number of fused-ring (bicyclic) bond motifs is 1. The molecule has 1 saturated carbocycles. The zero-order valence-electron chi connectivity index (χ0n) is 17.2. The van der Waals surface area contributed by atoms with Crippen molar-refractivity contribution >= 4 is 38.6 Å². The molecule has 2 fully saturated rings. The molecule has 2 aromatic heterocycles. The van der Waals surface area contributed by atoms with Gasteiger partial charge in [0.2, 0.25) is 11.8 Å². The number of nitrogens with one attached hydrogen (secondary N) is 2. The first-order valence-electron chi connectivity index (χ1n) is 10.7. The highest BCUT2D eigenvalue weighted by Crippen LogP contribution is 2.29. The number of anilines is 1. The van der Waals surface area contributed by atoms with Gasteiger partial charge in [-0.15, -0.1) is 0 Å². The van der Waals surface area contributed by atoms with Crippen molar-refractivity contribution in [2.45, 2.75) is 58.0 Å². The third kappa shape index (κ3) is 4.48. The molecule has 3 heterocycles. The fourth-order valence-electron chi connectivity index (χ4n) is 4.26. The van der Waals surface area contributed by atoms with Gasteiger partial charge in [-0.25, -0.2) is 4.98 Å². The van der Waals surface area contributed by atoms with Crippen LogP contribution in [0.15, 0.2) is 11.1 Å². The Labute approximate surface area is 178 Å². The smallest absolute Gasteiger partial charge is 0.273 e. The average molecular weight is 433 g/mol. The Kier molecular flexibility index (Phi) is 6.31. The number of amides is 2. The van der Waals surface area contributed by atoms with Crippen LogP contribution in [0.1, 0.15) is 45.4 Å². The highest BCUT2D eigenvalue weighted by molar-refractivity contribution is 7.22. The molecule has 1 atom stereocenters. The molecule has 0 aromatic carbocycles. The zero-order chi connectivity index (χ0) is 21.1. The van der Waals surface area contributed by atoms with Crippen molar-refractivity contribution in [2.75, 3.05) is 24.5 Å². The molecule has 2 N–H and O–H groups in total. The van der Waals surface area contributed by atoms with E-state index in [2.05, 4.69) is 25.5 Å². The van der Waals surface area contributed by atoms with E-state index >= 15 is 0 Å². The van der Waals surface area contributed by atoms with Crippen molar-refractivity contribution in [3.05, 3.63) is 16.7 Å². The summed E-state index contributed by atoms with van der Waals surface area (Å²) in [5.74, 6) is -0.164. The Hall–Kier alpha value is -2.49. The number of piperidine rings is 1. The molecule has 0 unspecified atom stereocenters. The maximum Gasteiger partial charge on any atom is 0.273 e. The Morgan fingerprint density at radius 3 is 2.80 bits per heavy atom. The van der Waals surface area contributed by atoms with Gasteiger partial charge in [-0.1, -0.05) is 24.2 Å². The number of hydrogen-bond donors (Lipinski definition) is 2. The molecule has 30 heavy (non-hydrogen) atoms. The van der Waals surface area contributed by atoms with Gasteiger partial charge in [0.1, 0.15) is 17.6 Å². The predicted octanol–water partition coefficient (Wildman–Crippen LogP) is 1.26. The molecule has 9 nitrogen and oxygen atoms in total. The predicted molar refractivity (Wildman–Crippen MR) is 116 cm³/mol. The number of thiazole rings is 1. The number of aromatic nitrogens is 3. The molecule has 1 saturated heterocycles. The lowest BCUT2D eigenvalue weighted by Crippen LogP contribution is -2.43. The van der Waals surface area contributed by atoms with Gasteiger partial charge in [-0.3, -0.25) is 19.0 Å². The van der Waals surface area contributed by atoms with Crippen molar-refractivity contribution in [2.24, 2.45) is 5.92 Å². The lowest BCUT2D eigenvalue weighted by Gasteiger charge is -2.31. The van der Waals surface area contributed by atoms with Crippen LogP contribution >= 0.6 is 11.3 Å². The van der Waals surface area contributed by atoms with E-state index in [0.717, 1.165) is 45.1 Å². The highest BCUT2D eigenvalue weighted by atomic mass is 32.1. The maximum absolute atomic E-state index is 12.9. The van der Waals surface area contributed by atoms with Crippen molar-refractivity contribution in [3.63, 3.8) is 0 Å². The van der Waals surface area contributed by atoms with Gasteiger partial charge in [-0.05, 0) is 32.6 Å². The second-order valence-electron chi connectivity index (χ2n) is 8.06. The van der Waals surface area contributed by atoms with Crippen molar-refractivity contribution in [3.8, 4) is 0 Å². The Bertz CT molecular complexity index is 981. The first kappa shape index (κ1) is 20.8. The van der Waals surface area contributed by atoms with E-state index in [1.165, 1.54) is 22.2 Å². The van der Waals surface area contributed by atoms with E-state index in [-0.39, 0.29) is 35.9 Å². The van der Waals surface area contributed by atoms with Gasteiger partial charge in [0.15, 0.2) is 10.8 Å². The molecule has 2 amide bonds. The normalized spacial score (nSPS) is 19.9. The van der Waals surface area contributed by atoms with Gasteiger partial charge in [0, 0.05) is 25.7 Å². The summed E-state index contributed by atoms with van der Waals surface area (Å²) in [5.41, 5.74) is 0.148. The summed E-state index contributed by atoms with van der Waals surface area (Å²) < 4.78 is 1.80. The van der Waals surface area contributed by atoms with Crippen LogP contribution < -0.4 is 21.1 Å². The number of carbonyl (C=O) groups excluding carboxylic acids is 2. The minimum atomic E-state index is -0.248. The Balaban J connectivity index is 1.48. The van der Waals surface area contributed by atoms with E-state index in [9.17, 15) is 14.4 Å². The van der Waals surface area contributed by atoms with Crippen LogP contribution in [0.2, 0.25) is 0 Å². The standard InChI is InChI=1S/C20H28N6O3S/c1-2-21-18(28)13-6-5-9-25(10-13)20-24-17-16(30-20)19(29)26(12-22-17)11-15(27)23-14-7-3-4-8-14/h12-14H,2-11H2,1H3,(H,21,28)(H,23,27)/t13-/m1/s1. The molecule has 2 aromatic rings. The SMILES string of the molecule is CCNC(=O)[C@@H]1CCCN(c2nc3ncn(CC(=O)NC4CCCC4)c(=O)c3s2)C1. The fourth-order valence-corrected chi connectivity index (χ4v) is 5.27. The molecule has 4 rings (SSSR count). The zero-order valence-corrected chi connectivity index (χ0v) is 18.0. The van der Waals surface area contributed by atoms with E-state index < -0.39 is 0 Å². The summed E-state index contributed by atoms with van der Waals surface area (Å²) in [6.45, 7) is 3.89. The van der Waals surface area contributed by atoms with Crippen LogP contribution in [0.5, 0.6) is 0 Å². The van der Waals surface area contributed by atoms with E-state index in [1.807, 2.05) is 6.92 Å². The largest absolute Gasteiger partial charge is 0.356 e. The molecule has 0 spiro atoms. The lowest BCUT2D eigenvalue weighted by atomic mass is 9.97. The van der Waals surface area contributed by atoms with Crippen LogP contribution in [0.25, 0.3) is 10.3 Å². The summed E-state index contributed by atoms with van der Waals surface area (Å²) in [4.78, 5) is 48.3. The van der Waals surface area contributed by atoms with Gasteiger partial charge < -0.3 is 15.5 Å². The average Bonchev–Trinajstić information content (AvgIpc) is 3.40. The van der Waals surface area contributed by atoms with Gasteiger partial charge in [0.05, 0.1) is 5.92 Å². The lowest BCUT2D eigenvalue weighted by molar-refractivity contribution is -0.125. The molecule has 1 aliphatic heterocycles. The monoisotopic (exact) mass is 432 g/mol. The summed E-state index contributed by atoms with van der Waals surface area (Å²) in [6, 6.07) is 0.219. The number of carbonyl (C=O) groups is 2. The number of nitrogens with zero attached hydrogens (tertiary/aromatic N) is 4. The molecule has 10 heteroatoms. The molecule has 0 radical (unpaired) electrons. The van der Waals surface area contributed by atoms with Crippen LogP contribution in [0, 0.1) is 5.92 Å².